The largest absolute Gasteiger partial charge is 0.465 e. The van der Waals surface area contributed by atoms with E-state index in [1.54, 1.807) is 0 Å². The van der Waals surface area contributed by atoms with E-state index in [9.17, 15) is 4.79 Å². The molecule has 0 saturated carbocycles. The normalized spacial score (nSPS) is 13.1. The van der Waals surface area contributed by atoms with Gasteiger partial charge in [0.2, 0.25) is 0 Å². The summed E-state index contributed by atoms with van der Waals surface area (Å²) in [5.74, 6) is 0.326. The molecular weight excluding hydrogens is 266 g/mol. The molecule has 0 aromatic heterocycles. The highest BCUT2D eigenvalue weighted by molar-refractivity contribution is 6.76. The van der Waals surface area contributed by atoms with Crippen molar-refractivity contribution in [3.05, 3.63) is 0 Å². The zero-order valence-corrected chi connectivity index (χ0v) is 14.3. The Morgan fingerprint density at radius 1 is 1.22 bits per heavy atom. The molecule has 3 nitrogen and oxygen atoms in total. The fourth-order valence-electron chi connectivity index (χ4n) is 1.47. The van der Waals surface area contributed by atoms with E-state index in [2.05, 4.69) is 33.5 Å². The maximum Gasteiger partial charge on any atom is 0.322 e. The van der Waals surface area contributed by atoms with Gasteiger partial charge in [-0.05, 0) is 18.8 Å². The fourth-order valence-corrected chi connectivity index (χ4v) is 2.74. The summed E-state index contributed by atoms with van der Waals surface area (Å²) in [6.07, 6.45) is 2.70. The number of carbonyl (C=O) groups is 1. The second kappa shape index (κ2) is 9.81. The van der Waals surface area contributed by atoms with Gasteiger partial charge in [-0.25, -0.2) is 0 Å². The van der Waals surface area contributed by atoms with Crippen LogP contribution in [0.25, 0.3) is 0 Å². The van der Waals surface area contributed by atoms with Gasteiger partial charge >= 0.3 is 5.97 Å². The smallest absolute Gasteiger partial charge is 0.322 e. The number of esters is 1. The van der Waals surface area contributed by atoms with Crippen LogP contribution in [0.3, 0.4) is 0 Å². The molecule has 1 atom stereocenters. The Bertz CT molecular complexity index is 230. The third kappa shape index (κ3) is 12.4. The molecule has 0 amide bonds. The van der Waals surface area contributed by atoms with Crippen LogP contribution < -0.4 is 5.73 Å². The highest BCUT2D eigenvalue weighted by atomic mass is 35.5. The molecule has 5 heteroatoms. The van der Waals surface area contributed by atoms with Crippen LogP contribution in [0.15, 0.2) is 0 Å². The Hall–Kier alpha value is -0.0631. The first-order chi connectivity index (χ1) is 7.72. The van der Waals surface area contributed by atoms with E-state index >= 15 is 0 Å². The maximum absolute atomic E-state index is 11.5. The average molecular weight is 296 g/mol. The predicted octanol–water partition coefficient (Wildman–Crippen LogP) is 3.44. The van der Waals surface area contributed by atoms with Gasteiger partial charge in [0.25, 0.3) is 0 Å². The quantitative estimate of drug-likeness (QED) is 0.551. The van der Waals surface area contributed by atoms with Crippen molar-refractivity contribution in [1.82, 2.24) is 0 Å². The summed E-state index contributed by atoms with van der Waals surface area (Å²) in [4.78, 5) is 11.5. The van der Waals surface area contributed by atoms with Crippen molar-refractivity contribution in [2.45, 2.75) is 64.8 Å². The van der Waals surface area contributed by atoms with Crippen LogP contribution in [0.2, 0.25) is 25.7 Å². The molecule has 0 aliphatic carbocycles. The van der Waals surface area contributed by atoms with Crippen LogP contribution in [0.1, 0.15) is 33.1 Å². The Labute approximate surface area is 119 Å². The van der Waals surface area contributed by atoms with E-state index in [4.69, 9.17) is 10.5 Å². The number of carbonyl (C=O) groups excluding carboxylic acids is 1. The second-order valence-electron chi connectivity index (χ2n) is 6.41. The third-order valence-corrected chi connectivity index (χ3v) is 4.54. The number of halogens is 1. The van der Waals surface area contributed by atoms with Gasteiger partial charge in [-0.15, -0.1) is 12.4 Å². The summed E-state index contributed by atoms with van der Waals surface area (Å²) in [6, 6.07) is 0.790. The molecule has 0 aliphatic rings. The van der Waals surface area contributed by atoms with Crippen LogP contribution in [-0.4, -0.2) is 26.7 Å². The summed E-state index contributed by atoms with van der Waals surface area (Å²) in [6.45, 7) is 11.7. The summed E-state index contributed by atoms with van der Waals surface area (Å²) >= 11 is 0. The molecule has 0 saturated heterocycles. The molecule has 0 aromatic rings. The average Bonchev–Trinajstić information content (AvgIpc) is 2.14. The Kier molecular flexibility index (Phi) is 11.0. The lowest BCUT2D eigenvalue weighted by Gasteiger charge is -2.17. The van der Waals surface area contributed by atoms with Gasteiger partial charge in [0.05, 0.1) is 6.61 Å². The lowest BCUT2D eigenvalue weighted by Crippen LogP contribution is -2.33. The summed E-state index contributed by atoms with van der Waals surface area (Å²) in [5, 5.41) is 0. The first-order valence-electron chi connectivity index (χ1n) is 6.64. The van der Waals surface area contributed by atoms with Crippen molar-refractivity contribution in [3.8, 4) is 0 Å². The van der Waals surface area contributed by atoms with Crippen molar-refractivity contribution in [3.63, 3.8) is 0 Å². The minimum Gasteiger partial charge on any atom is -0.465 e. The van der Waals surface area contributed by atoms with Crippen molar-refractivity contribution < 1.29 is 9.53 Å². The van der Waals surface area contributed by atoms with Crippen molar-refractivity contribution in [2.24, 2.45) is 11.7 Å². The van der Waals surface area contributed by atoms with E-state index in [1.807, 2.05) is 0 Å². The van der Waals surface area contributed by atoms with E-state index in [0.717, 1.165) is 19.3 Å². The summed E-state index contributed by atoms with van der Waals surface area (Å²) in [5.41, 5.74) is 5.80. The van der Waals surface area contributed by atoms with Gasteiger partial charge in [-0.1, -0.05) is 46.0 Å². The lowest BCUT2D eigenvalue weighted by atomic mass is 10.1. The first-order valence-corrected chi connectivity index (χ1v) is 10.4. The molecule has 2 N–H and O–H groups in total. The molecule has 0 spiro atoms. The fraction of sp³-hybridized carbons (Fsp3) is 0.923. The van der Waals surface area contributed by atoms with E-state index in [1.165, 1.54) is 6.04 Å². The zero-order chi connectivity index (χ0) is 13.5. The molecule has 0 bridgehead atoms. The molecule has 0 heterocycles. The lowest BCUT2D eigenvalue weighted by molar-refractivity contribution is -0.145. The molecule has 0 aliphatic heterocycles. The van der Waals surface area contributed by atoms with Gasteiger partial charge in [0.1, 0.15) is 6.04 Å². The molecule has 0 unspecified atom stereocenters. The van der Waals surface area contributed by atoms with Gasteiger partial charge in [-0.3, -0.25) is 4.79 Å². The van der Waals surface area contributed by atoms with Crippen LogP contribution in [0, 0.1) is 5.92 Å². The van der Waals surface area contributed by atoms with E-state index in [0.29, 0.717) is 12.5 Å². The number of nitrogens with two attached hydrogens (primary N) is 1. The Morgan fingerprint density at radius 2 is 1.78 bits per heavy atom. The monoisotopic (exact) mass is 295 g/mol. The molecular formula is C13H30ClNO2Si. The highest BCUT2D eigenvalue weighted by Gasteiger charge is 2.17. The zero-order valence-electron chi connectivity index (χ0n) is 12.5. The predicted molar refractivity (Wildman–Crippen MR) is 83.0 cm³/mol. The van der Waals surface area contributed by atoms with Crippen LogP contribution in [-0.2, 0) is 9.53 Å². The number of hydrogen-bond donors (Lipinski definition) is 1. The maximum atomic E-state index is 11.5. The number of ether oxygens (including phenoxy) is 1. The SMILES string of the molecule is CC(C)CCOC(=O)[C@@H](N)CCC[Si](C)(C)C.Cl. The minimum atomic E-state index is -1.01. The molecule has 0 rings (SSSR count). The Morgan fingerprint density at radius 3 is 2.22 bits per heavy atom. The molecule has 110 valence electrons. The summed E-state index contributed by atoms with van der Waals surface area (Å²) < 4.78 is 5.14. The molecule has 18 heavy (non-hydrogen) atoms. The molecule has 0 aromatic carbocycles. The minimum absolute atomic E-state index is 0. The first kappa shape index (κ1) is 20.3. The van der Waals surface area contributed by atoms with Crippen LogP contribution in [0.4, 0.5) is 0 Å². The molecule has 0 radical (unpaired) electrons. The van der Waals surface area contributed by atoms with Crippen LogP contribution in [0.5, 0.6) is 0 Å². The van der Waals surface area contributed by atoms with Gasteiger partial charge < -0.3 is 10.5 Å². The summed E-state index contributed by atoms with van der Waals surface area (Å²) in [7, 11) is -1.01. The standard InChI is InChI=1S/C13H29NO2Si.ClH/c1-11(2)8-9-16-13(15)12(14)7-6-10-17(3,4)5;/h11-12H,6-10,14H2,1-5H3;1H/t12-;/m0./s1. The van der Waals surface area contributed by atoms with Gasteiger partial charge in [-0.2, -0.15) is 0 Å². The molecule has 0 fully saturated rings. The van der Waals surface area contributed by atoms with E-state index in [-0.39, 0.29) is 18.4 Å². The van der Waals surface area contributed by atoms with Crippen molar-refractivity contribution in [2.75, 3.05) is 6.61 Å². The topological polar surface area (TPSA) is 52.3 Å². The second-order valence-corrected chi connectivity index (χ2v) is 12.0. The third-order valence-electron chi connectivity index (χ3n) is 2.68. The Balaban J connectivity index is 0. The number of rotatable bonds is 8. The number of hydrogen-bond acceptors (Lipinski definition) is 3. The van der Waals surface area contributed by atoms with Crippen LogP contribution >= 0.6 is 12.4 Å². The van der Waals surface area contributed by atoms with Crippen molar-refractivity contribution >= 4 is 26.5 Å². The van der Waals surface area contributed by atoms with Gasteiger partial charge in [0, 0.05) is 8.07 Å². The van der Waals surface area contributed by atoms with E-state index < -0.39 is 14.1 Å². The van der Waals surface area contributed by atoms with Gasteiger partial charge in [0.15, 0.2) is 0 Å². The van der Waals surface area contributed by atoms with Crippen molar-refractivity contribution in [1.29, 1.82) is 0 Å². The highest BCUT2D eigenvalue weighted by Crippen LogP contribution is 2.14.